The zero-order chi connectivity index (χ0) is 18.1. The summed E-state index contributed by atoms with van der Waals surface area (Å²) in [5.41, 5.74) is 7.74. The molecule has 2 heterocycles. The number of nitrogens with zero attached hydrogens (tertiary/aromatic N) is 3. The van der Waals surface area contributed by atoms with Crippen LogP contribution in [0.25, 0.3) is 22.0 Å². The van der Waals surface area contributed by atoms with E-state index in [0.717, 1.165) is 5.39 Å². The molecule has 2 aromatic carbocycles. The number of pyridine rings is 1. The van der Waals surface area contributed by atoms with Crippen LogP contribution < -0.4 is 10.5 Å². The van der Waals surface area contributed by atoms with Crippen LogP contribution in [0.1, 0.15) is 5.56 Å². The number of benzene rings is 2. The Morgan fingerprint density at radius 3 is 2.54 bits per heavy atom. The van der Waals surface area contributed by atoms with Crippen molar-refractivity contribution in [1.82, 2.24) is 15.0 Å². The molecule has 0 aliphatic carbocycles. The summed E-state index contributed by atoms with van der Waals surface area (Å²) in [4.78, 5) is 12.5. The van der Waals surface area contributed by atoms with Gasteiger partial charge in [0, 0.05) is 28.7 Å². The fraction of sp³-hybridized carbons (Fsp3) is 0.0500. The van der Waals surface area contributed by atoms with Crippen molar-refractivity contribution in [3.8, 4) is 22.9 Å². The van der Waals surface area contributed by atoms with Crippen molar-refractivity contribution in [2.45, 2.75) is 6.92 Å². The van der Waals surface area contributed by atoms with Crippen molar-refractivity contribution in [3.63, 3.8) is 0 Å². The van der Waals surface area contributed by atoms with Gasteiger partial charge in [0.15, 0.2) is 5.82 Å². The van der Waals surface area contributed by atoms with Crippen molar-refractivity contribution in [2.24, 2.45) is 0 Å². The molecule has 0 unspecified atom stereocenters. The Morgan fingerprint density at radius 1 is 0.962 bits per heavy atom. The highest BCUT2D eigenvalue weighted by atomic mass is 19.1. The Bertz CT molecular complexity index is 1100. The molecule has 0 radical (unpaired) electrons. The molecule has 4 aromatic rings. The van der Waals surface area contributed by atoms with E-state index in [1.54, 1.807) is 37.5 Å². The van der Waals surface area contributed by atoms with Crippen LogP contribution in [0, 0.1) is 12.7 Å². The smallest absolute Gasteiger partial charge is 0.228 e. The van der Waals surface area contributed by atoms with Gasteiger partial charge in [0.1, 0.15) is 12.1 Å². The molecule has 0 atom stereocenters. The third kappa shape index (κ3) is 2.61. The van der Waals surface area contributed by atoms with Crippen molar-refractivity contribution in [3.05, 3.63) is 72.6 Å². The summed E-state index contributed by atoms with van der Waals surface area (Å²) < 4.78 is 20.7. The van der Waals surface area contributed by atoms with Crippen LogP contribution in [0.3, 0.4) is 0 Å². The van der Waals surface area contributed by atoms with E-state index in [-0.39, 0.29) is 5.69 Å². The fourth-order valence-electron chi connectivity index (χ4n) is 2.88. The predicted molar refractivity (Wildman–Crippen MR) is 98.4 cm³/mol. The normalized spacial score (nSPS) is 10.8. The molecule has 2 aromatic heterocycles. The zero-order valence-electron chi connectivity index (χ0n) is 14.0. The average molecular weight is 346 g/mol. The van der Waals surface area contributed by atoms with Gasteiger partial charge in [-0.15, -0.1) is 0 Å². The number of hydrogen-bond acceptors (Lipinski definition) is 5. The molecule has 2 N–H and O–H groups in total. The van der Waals surface area contributed by atoms with Gasteiger partial charge in [0.2, 0.25) is 5.88 Å². The van der Waals surface area contributed by atoms with E-state index in [1.807, 2.05) is 24.3 Å². The molecule has 6 heteroatoms. The molecule has 0 aliphatic rings. The molecule has 0 amide bonds. The van der Waals surface area contributed by atoms with E-state index in [4.69, 9.17) is 10.5 Å². The summed E-state index contributed by atoms with van der Waals surface area (Å²) in [6.07, 6.45) is 4.71. The molecule has 0 aliphatic heterocycles. The number of rotatable bonds is 3. The first-order valence-electron chi connectivity index (χ1n) is 8.02. The van der Waals surface area contributed by atoms with Crippen LogP contribution in [-0.4, -0.2) is 15.0 Å². The highest BCUT2D eigenvalue weighted by Crippen LogP contribution is 2.40. The minimum atomic E-state index is -0.488. The molecule has 0 saturated heterocycles. The summed E-state index contributed by atoms with van der Waals surface area (Å²) >= 11 is 0. The summed E-state index contributed by atoms with van der Waals surface area (Å²) in [5.74, 6) is 0.239. The Kier molecular flexibility index (Phi) is 3.93. The lowest BCUT2D eigenvalue weighted by Gasteiger charge is -2.16. The van der Waals surface area contributed by atoms with Gasteiger partial charge in [-0.1, -0.05) is 24.3 Å². The molecule has 5 nitrogen and oxygen atoms in total. The summed E-state index contributed by atoms with van der Waals surface area (Å²) in [7, 11) is 0. The third-order valence-corrected chi connectivity index (χ3v) is 4.20. The standard InChI is InChI=1S/C20H15FN4O/c1-12-17(21)18(22)13-5-2-3-6-14(13)19(12)26-20-15(7-4-9-24-20)16-8-10-23-11-25-16/h2-11H,22H2,1H3. The minimum absolute atomic E-state index is 0.113. The van der Waals surface area contributed by atoms with Gasteiger partial charge in [-0.25, -0.2) is 19.3 Å². The Labute approximate surface area is 149 Å². The lowest BCUT2D eigenvalue weighted by atomic mass is 10.0. The number of fused-ring (bicyclic) bond motifs is 1. The number of ether oxygens (including phenoxy) is 1. The quantitative estimate of drug-likeness (QED) is 0.552. The van der Waals surface area contributed by atoms with Crippen molar-refractivity contribution >= 4 is 16.5 Å². The first-order valence-corrected chi connectivity index (χ1v) is 8.02. The van der Waals surface area contributed by atoms with Crippen LogP contribution in [0.2, 0.25) is 0 Å². The first-order chi connectivity index (χ1) is 12.7. The van der Waals surface area contributed by atoms with Crippen molar-refractivity contribution < 1.29 is 9.13 Å². The lowest BCUT2D eigenvalue weighted by molar-refractivity contribution is 0.461. The maximum atomic E-state index is 14.6. The predicted octanol–water partition coefficient (Wildman–Crippen LogP) is 4.51. The topological polar surface area (TPSA) is 73.9 Å². The molecule has 0 bridgehead atoms. The SMILES string of the molecule is Cc1c(F)c(N)c2ccccc2c1Oc1ncccc1-c1ccncn1. The summed E-state index contributed by atoms with van der Waals surface area (Å²) in [6, 6.07) is 12.7. The van der Waals surface area contributed by atoms with Gasteiger partial charge in [-0.2, -0.15) is 0 Å². The Hall–Kier alpha value is -3.54. The number of halogens is 1. The first kappa shape index (κ1) is 16.0. The monoisotopic (exact) mass is 346 g/mol. The molecular formula is C20H15FN4O. The zero-order valence-corrected chi connectivity index (χ0v) is 14.0. The lowest BCUT2D eigenvalue weighted by Crippen LogP contribution is -2.01. The van der Waals surface area contributed by atoms with Crippen LogP contribution in [0.4, 0.5) is 10.1 Å². The van der Waals surface area contributed by atoms with Gasteiger partial charge >= 0.3 is 0 Å². The van der Waals surface area contributed by atoms with Gasteiger partial charge in [-0.05, 0) is 25.1 Å². The third-order valence-electron chi connectivity index (χ3n) is 4.20. The van der Waals surface area contributed by atoms with Crippen LogP contribution in [0.5, 0.6) is 11.6 Å². The van der Waals surface area contributed by atoms with Gasteiger partial charge in [0.25, 0.3) is 0 Å². The second-order valence-electron chi connectivity index (χ2n) is 5.78. The number of anilines is 1. The molecule has 0 fully saturated rings. The number of nitrogens with two attached hydrogens (primary N) is 1. The number of aromatic nitrogens is 3. The maximum absolute atomic E-state index is 14.6. The van der Waals surface area contributed by atoms with E-state index in [2.05, 4.69) is 15.0 Å². The molecule has 4 rings (SSSR count). The molecule has 26 heavy (non-hydrogen) atoms. The maximum Gasteiger partial charge on any atom is 0.228 e. The van der Waals surface area contributed by atoms with Crippen LogP contribution >= 0.6 is 0 Å². The van der Waals surface area contributed by atoms with E-state index in [0.29, 0.717) is 33.8 Å². The Balaban J connectivity index is 1.90. The molecule has 0 saturated carbocycles. The largest absolute Gasteiger partial charge is 0.437 e. The van der Waals surface area contributed by atoms with E-state index >= 15 is 0 Å². The molecular weight excluding hydrogens is 331 g/mol. The second kappa shape index (κ2) is 6.40. The van der Waals surface area contributed by atoms with E-state index in [1.165, 1.54) is 6.33 Å². The van der Waals surface area contributed by atoms with Gasteiger partial charge in [-0.3, -0.25) is 0 Å². The summed E-state index contributed by atoms with van der Waals surface area (Å²) in [6.45, 7) is 1.64. The number of nitrogen functional groups attached to an aromatic ring is 1. The van der Waals surface area contributed by atoms with Gasteiger partial charge < -0.3 is 10.5 Å². The van der Waals surface area contributed by atoms with E-state index in [9.17, 15) is 4.39 Å². The van der Waals surface area contributed by atoms with Gasteiger partial charge in [0.05, 0.1) is 16.9 Å². The highest BCUT2D eigenvalue weighted by molar-refractivity contribution is 5.98. The van der Waals surface area contributed by atoms with Crippen molar-refractivity contribution in [2.75, 3.05) is 5.73 Å². The number of hydrogen-bond donors (Lipinski definition) is 1. The minimum Gasteiger partial charge on any atom is -0.437 e. The Morgan fingerprint density at radius 2 is 1.77 bits per heavy atom. The summed E-state index contributed by atoms with van der Waals surface area (Å²) in [5, 5.41) is 1.33. The highest BCUT2D eigenvalue weighted by Gasteiger charge is 2.18. The van der Waals surface area contributed by atoms with Crippen molar-refractivity contribution in [1.29, 1.82) is 0 Å². The molecule has 128 valence electrons. The second-order valence-corrected chi connectivity index (χ2v) is 5.78. The average Bonchev–Trinajstić information content (AvgIpc) is 2.70. The fourth-order valence-corrected chi connectivity index (χ4v) is 2.88. The van der Waals surface area contributed by atoms with E-state index < -0.39 is 5.82 Å². The van der Waals surface area contributed by atoms with Crippen LogP contribution in [0.15, 0.2) is 61.2 Å². The molecule has 0 spiro atoms. The van der Waals surface area contributed by atoms with Crippen LogP contribution in [-0.2, 0) is 0 Å².